The van der Waals surface area contributed by atoms with Crippen molar-refractivity contribution >= 4 is 43.1 Å². The predicted molar refractivity (Wildman–Crippen MR) is 190 cm³/mol. The minimum atomic E-state index is -0.105. The van der Waals surface area contributed by atoms with Crippen molar-refractivity contribution in [3.63, 3.8) is 0 Å². The quantitative estimate of drug-likeness (QED) is 0.146. The molecule has 0 bridgehead atoms. The van der Waals surface area contributed by atoms with Gasteiger partial charge in [0.25, 0.3) is 0 Å². The summed E-state index contributed by atoms with van der Waals surface area (Å²) in [6, 6.07) is 52.1. The maximum atomic E-state index is 2.49. The second-order valence-corrected chi connectivity index (χ2v) is 12.9. The predicted octanol–water partition coefficient (Wildman–Crippen LogP) is 12.2. The highest BCUT2D eigenvalue weighted by atomic mass is 14.4. The first kappa shape index (κ1) is 25.3. The Balaban J connectivity index is 1.39. The van der Waals surface area contributed by atoms with Gasteiger partial charge in [-0.3, -0.25) is 0 Å². The van der Waals surface area contributed by atoms with Crippen LogP contribution < -0.4 is 0 Å². The van der Waals surface area contributed by atoms with Crippen molar-refractivity contribution in [3.05, 3.63) is 156 Å². The maximum Gasteiger partial charge on any atom is 0.0165 e. The average Bonchev–Trinajstić information content (AvgIpc) is 3.30. The molecule has 0 N–H and O–H groups in total. The van der Waals surface area contributed by atoms with Gasteiger partial charge in [0.1, 0.15) is 0 Å². The molecular formula is C44H32. The molecule has 0 aromatic heterocycles. The normalized spacial score (nSPS) is 13.5. The molecule has 9 rings (SSSR count). The highest BCUT2D eigenvalue weighted by molar-refractivity contribution is 6.22. The lowest BCUT2D eigenvalue weighted by Crippen LogP contribution is -2.15. The number of rotatable bonds is 2. The number of hydrogen-bond donors (Lipinski definition) is 0. The van der Waals surface area contributed by atoms with Crippen LogP contribution in [0.15, 0.2) is 140 Å². The third-order valence-electron chi connectivity index (χ3n) is 10.1. The average molecular weight is 561 g/mol. The fourth-order valence-corrected chi connectivity index (χ4v) is 8.13. The Morgan fingerprint density at radius 2 is 0.795 bits per heavy atom. The lowest BCUT2D eigenvalue weighted by Gasteiger charge is -2.24. The van der Waals surface area contributed by atoms with Gasteiger partial charge in [-0.25, -0.2) is 0 Å². The van der Waals surface area contributed by atoms with Gasteiger partial charge in [-0.05, 0) is 101 Å². The highest BCUT2D eigenvalue weighted by Gasteiger charge is 2.38. The number of fused-ring (bicyclic) bond motifs is 10. The van der Waals surface area contributed by atoms with E-state index in [0.29, 0.717) is 0 Å². The van der Waals surface area contributed by atoms with Gasteiger partial charge < -0.3 is 0 Å². The van der Waals surface area contributed by atoms with E-state index in [9.17, 15) is 0 Å². The van der Waals surface area contributed by atoms with Gasteiger partial charge in [0.15, 0.2) is 0 Å². The van der Waals surface area contributed by atoms with Crippen LogP contribution in [-0.2, 0) is 5.41 Å². The molecule has 8 aromatic carbocycles. The molecule has 208 valence electrons. The molecule has 0 fully saturated rings. The smallest absolute Gasteiger partial charge is 0.0165 e. The summed E-state index contributed by atoms with van der Waals surface area (Å²) in [7, 11) is 0. The van der Waals surface area contributed by atoms with Crippen LogP contribution in [-0.4, -0.2) is 0 Å². The van der Waals surface area contributed by atoms with Crippen LogP contribution in [0.25, 0.3) is 76.5 Å². The Labute approximate surface area is 258 Å². The van der Waals surface area contributed by atoms with Crippen molar-refractivity contribution in [3.8, 4) is 33.4 Å². The highest BCUT2D eigenvalue weighted by Crippen LogP contribution is 2.56. The molecule has 1 aliphatic carbocycles. The van der Waals surface area contributed by atoms with Crippen LogP contribution in [0.3, 0.4) is 0 Å². The SMILES string of the molecule is Cc1ccc(-c2c3ccccc3c(-c3ccc4c(c3)-c3c(c5ccccc5c5ccccc35)C4(C)C)c3ccccc23)cc1. The van der Waals surface area contributed by atoms with Crippen molar-refractivity contribution in [2.75, 3.05) is 0 Å². The number of hydrogen-bond acceptors (Lipinski definition) is 0. The summed E-state index contributed by atoms with van der Waals surface area (Å²) < 4.78 is 0. The number of aryl methyl sites for hydroxylation is 1. The summed E-state index contributed by atoms with van der Waals surface area (Å²) in [5, 5.41) is 10.5. The van der Waals surface area contributed by atoms with Crippen molar-refractivity contribution in [2.24, 2.45) is 0 Å². The van der Waals surface area contributed by atoms with Crippen molar-refractivity contribution in [1.29, 1.82) is 0 Å². The molecule has 0 unspecified atom stereocenters. The molecule has 0 saturated carbocycles. The Kier molecular flexibility index (Phi) is 5.26. The molecule has 0 saturated heterocycles. The van der Waals surface area contributed by atoms with Gasteiger partial charge in [0.05, 0.1) is 0 Å². The van der Waals surface area contributed by atoms with Gasteiger partial charge in [-0.15, -0.1) is 0 Å². The molecule has 0 heterocycles. The summed E-state index contributed by atoms with van der Waals surface area (Å²) in [5.74, 6) is 0. The molecular weight excluding hydrogens is 528 g/mol. The third-order valence-corrected chi connectivity index (χ3v) is 10.1. The molecule has 0 atom stereocenters. The molecule has 0 amide bonds. The first-order chi connectivity index (χ1) is 21.5. The fourth-order valence-electron chi connectivity index (χ4n) is 8.13. The lowest BCUT2D eigenvalue weighted by molar-refractivity contribution is 0.666. The van der Waals surface area contributed by atoms with E-state index in [1.165, 1.54) is 93.2 Å². The second-order valence-electron chi connectivity index (χ2n) is 12.9. The fraction of sp³-hybridized carbons (Fsp3) is 0.0909. The second kappa shape index (κ2) is 9.15. The summed E-state index contributed by atoms with van der Waals surface area (Å²) in [5.41, 5.74) is 11.9. The van der Waals surface area contributed by atoms with E-state index in [2.05, 4.69) is 160 Å². The monoisotopic (exact) mass is 560 g/mol. The van der Waals surface area contributed by atoms with Crippen LogP contribution >= 0.6 is 0 Å². The van der Waals surface area contributed by atoms with Crippen molar-refractivity contribution < 1.29 is 0 Å². The van der Waals surface area contributed by atoms with E-state index in [4.69, 9.17) is 0 Å². The van der Waals surface area contributed by atoms with E-state index < -0.39 is 0 Å². The van der Waals surface area contributed by atoms with Gasteiger partial charge in [0, 0.05) is 5.41 Å². The van der Waals surface area contributed by atoms with Crippen molar-refractivity contribution in [1.82, 2.24) is 0 Å². The van der Waals surface area contributed by atoms with Crippen LogP contribution in [0.1, 0.15) is 30.5 Å². The molecule has 0 heteroatoms. The Bertz CT molecular complexity index is 2400. The maximum absolute atomic E-state index is 2.49. The van der Waals surface area contributed by atoms with Crippen molar-refractivity contribution in [2.45, 2.75) is 26.2 Å². The van der Waals surface area contributed by atoms with E-state index in [-0.39, 0.29) is 5.41 Å². The summed E-state index contributed by atoms with van der Waals surface area (Å²) in [6.45, 7) is 6.96. The molecule has 0 aliphatic heterocycles. The molecule has 0 spiro atoms. The first-order valence-electron chi connectivity index (χ1n) is 15.6. The van der Waals surface area contributed by atoms with Gasteiger partial charge in [-0.1, -0.05) is 153 Å². The molecule has 8 aromatic rings. The largest absolute Gasteiger partial charge is 0.0616 e. The summed E-state index contributed by atoms with van der Waals surface area (Å²) in [4.78, 5) is 0. The first-order valence-corrected chi connectivity index (χ1v) is 15.6. The standard InChI is InChI=1S/C44H32/c1-27-20-22-28(23-21-27)40-33-15-7-9-17-35(33)41(36-18-10-8-16-34(36)40)29-24-25-39-38(26-29)42-32-14-6-4-12-30(32)31-13-5-11-19-37(31)43(42)44(39,2)3/h4-26H,1-3H3. The Hall–Kier alpha value is -5.20. The van der Waals surface area contributed by atoms with E-state index in [0.717, 1.165) is 0 Å². The van der Waals surface area contributed by atoms with Gasteiger partial charge >= 0.3 is 0 Å². The van der Waals surface area contributed by atoms with Crippen LogP contribution in [0, 0.1) is 6.92 Å². The molecule has 0 radical (unpaired) electrons. The Morgan fingerprint density at radius 1 is 0.386 bits per heavy atom. The van der Waals surface area contributed by atoms with E-state index in [1.54, 1.807) is 0 Å². The molecule has 0 nitrogen and oxygen atoms in total. The zero-order chi connectivity index (χ0) is 29.6. The van der Waals surface area contributed by atoms with E-state index in [1.807, 2.05) is 0 Å². The minimum Gasteiger partial charge on any atom is -0.0616 e. The minimum absolute atomic E-state index is 0.105. The third kappa shape index (κ3) is 3.40. The van der Waals surface area contributed by atoms with Crippen LogP contribution in [0.4, 0.5) is 0 Å². The van der Waals surface area contributed by atoms with Crippen LogP contribution in [0.2, 0.25) is 0 Å². The van der Waals surface area contributed by atoms with E-state index >= 15 is 0 Å². The topological polar surface area (TPSA) is 0 Å². The molecule has 1 aliphatic rings. The zero-order valence-electron chi connectivity index (χ0n) is 25.3. The van der Waals surface area contributed by atoms with Crippen LogP contribution in [0.5, 0.6) is 0 Å². The number of benzene rings is 8. The Morgan fingerprint density at radius 3 is 1.34 bits per heavy atom. The summed E-state index contributed by atoms with van der Waals surface area (Å²) >= 11 is 0. The van der Waals surface area contributed by atoms with Gasteiger partial charge in [0.2, 0.25) is 0 Å². The summed E-state index contributed by atoms with van der Waals surface area (Å²) in [6.07, 6.45) is 0. The van der Waals surface area contributed by atoms with Gasteiger partial charge in [-0.2, -0.15) is 0 Å². The lowest BCUT2D eigenvalue weighted by atomic mass is 9.79. The molecule has 44 heavy (non-hydrogen) atoms. The zero-order valence-corrected chi connectivity index (χ0v) is 25.3.